The summed E-state index contributed by atoms with van der Waals surface area (Å²) in [6.45, 7) is 3.11. The van der Waals surface area contributed by atoms with E-state index in [4.69, 9.17) is 9.47 Å². The fourth-order valence-electron chi connectivity index (χ4n) is 2.98. The maximum absolute atomic E-state index is 12.2. The molecule has 0 saturated carbocycles. The number of benzene rings is 1. The predicted molar refractivity (Wildman–Crippen MR) is 98.8 cm³/mol. The SMILES string of the molecule is Cl.O=C(NCCC1CCNC1)c1cnc(-c2ccc3c(c2)OCO3)s1. The molecule has 1 aromatic heterocycles. The molecule has 1 amide bonds. The van der Waals surface area contributed by atoms with Gasteiger partial charge in [-0.05, 0) is 50.0 Å². The van der Waals surface area contributed by atoms with Crippen molar-refractivity contribution in [1.82, 2.24) is 15.6 Å². The minimum absolute atomic E-state index is 0. The number of ether oxygens (including phenoxy) is 2. The first-order chi connectivity index (χ1) is 11.8. The summed E-state index contributed by atoms with van der Waals surface area (Å²) in [5, 5.41) is 7.14. The van der Waals surface area contributed by atoms with Crippen LogP contribution in [0.15, 0.2) is 24.4 Å². The number of hydrogen-bond acceptors (Lipinski definition) is 6. The van der Waals surface area contributed by atoms with Crippen molar-refractivity contribution in [2.75, 3.05) is 26.4 Å². The second-order valence-corrected chi connectivity index (χ2v) is 7.03. The van der Waals surface area contributed by atoms with E-state index in [9.17, 15) is 4.79 Å². The standard InChI is InChI=1S/C17H19N3O3S.ClH/c21-16(19-6-4-11-3-5-18-8-11)15-9-20-17(24-15)12-1-2-13-14(7-12)23-10-22-13;/h1-2,7,9,11,18H,3-6,8,10H2,(H,19,21);1H. The lowest BCUT2D eigenvalue weighted by molar-refractivity contribution is 0.0955. The Hall–Kier alpha value is -1.83. The fourth-order valence-corrected chi connectivity index (χ4v) is 3.81. The largest absolute Gasteiger partial charge is 0.454 e. The van der Waals surface area contributed by atoms with Crippen LogP contribution in [-0.2, 0) is 0 Å². The zero-order chi connectivity index (χ0) is 16.4. The van der Waals surface area contributed by atoms with E-state index in [-0.39, 0.29) is 25.1 Å². The van der Waals surface area contributed by atoms with Crippen LogP contribution < -0.4 is 20.1 Å². The molecule has 1 fully saturated rings. The van der Waals surface area contributed by atoms with Gasteiger partial charge >= 0.3 is 0 Å². The molecule has 25 heavy (non-hydrogen) atoms. The van der Waals surface area contributed by atoms with E-state index in [1.807, 2.05) is 18.2 Å². The molecule has 2 aliphatic heterocycles. The first-order valence-corrected chi connectivity index (χ1v) is 8.96. The van der Waals surface area contributed by atoms with Gasteiger partial charge in [0.05, 0.1) is 6.20 Å². The minimum atomic E-state index is -0.0505. The van der Waals surface area contributed by atoms with Gasteiger partial charge in [-0.3, -0.25) is 4.79 Å². The highest BCUT2D eigenvalue weighted by Gasteiger charge is 2.18. The monoisotopic (exact) mass is 381 g/mol. The normalized spacial score (nSPS) is 18.0. The molecule has 6 nitrogen and oxygen atoms in total. The van der Waals surface area contributed by atoms with Crippen LogP contribution in [0.4, 0.5) is 0 Å². The van der Waals surface area contributed by atoms with E-state index in [0.717, 1.165) is 41.6 Å². The maximum Gasteiger partial charge on any atom is 0.263 e. The number of amides is 1. The van der Waals surface area contributed by atoms with E-state index in [1.165, 1.54) is 17.8 Å². The third-order valence-corrected chi connectivity index (χ3v) is 5.39. The van der Waals surface area contributed by atoms with Gasteiger partial charge in [-0.2, -0.15) is 0 Å². The number of halogens is 1. The number of carbonyl (C=O) groups excluding carboxylic acids is 1. The second kappa shape index (κ2) is 8.03. The van der Waals surface area contributed by atoms with Crippen molar-refractivity contribution in [1.29, 1.82) is 0 Å². The third-order valence-electron chi connectivity index (χ3n) is 4.35. The lowest BCUT2D eigenvalue weighted by atomic mass is 10.1. The van der Waals surface area contributed by atoms with Crippen molar-refractivity contribution in [2.45, 2.75) is 12.8 Å². The van der Waals surface area contributed by atoms with Crippen LogP contribution >= 0.6 is 23.7 Å². The van der Waals surface area contributed by atoms with E-state index < -0.39 is 0 Å². The van der Waals surface area contributed by atoms with Crippen LogP contribution in [-0.4, -0.2) is 37.3 Å². The Morgan fingerprint density at radius 1 is 1.36 bits per heavy atom. The molecule has 0 aliphatic carbocycles. The lowest BCUT2D eigenvalue weighted by Gasteiger charge is -2.08. The highest BCUT2D eigenvalue weighted by Crippen LogP contribution is 2.36. The van der Waals surface area contributed by atoms with Gasteiger partial charge in [0.2, 0.25) is 6.79 Å². The Kier molecular flexibility index (Phi) is 5.78. The van der Waals surface area contributed by atoms with Gasteiger partial charge in [0.1, 0.15) is 9.88 Å². The maximum atomic E-state index is 12.2. The molecule has 1 atom stereocenters. The number of carbonyl (C=O) groups is 1. The molecule has 134 valence electrons. The summed E-state index contributed by atoms with van der Waals surface area (Å²) in [6, 6.07) is 5.70. The van der Waals surface area contributed by atoms with Crippen molar-refractivity contribution in [3.63, 3.8) is 0 Å². The first kappa shape index (κ1) is 18.0. The Bertz CT molecular complexity index is 746. The Morgan fingerprint density at radius 3 is 3.08 bits per heavy atom. The molecule has 0 bridgehead atoms. The highest BCUT2D eigenvalue weighted by atomic mass is 35.5. The number of aromatic nitrogens is 1. The summed E-state index contributed by atoms with van der Waals surface area (Å²) < 4.78 is 10.7. The average Bonchev–Trinajstić information content (AvgIpc) is 3.34. The molecule has 2 aliphatic rings. The third kappa shape index (κ3) is 4.05. The summed E-state index contributed by atoms with van der Waals surface area (Å²) in [5.41, 5.74) is 0.931. The van der Waals surface area contributed by atoms with Gasteiger partial charge in [0.15, 0.2) is 11.5 Å². The molecule has 1 saturated heterocycles. The van der Waals surface area contributed by atoms with E-state index in [2.05, 4.69) is 15.6 Å². The number of nitrogens with one attached hydrogen (secondary N) is 2. The van der Waals surface area contributed by atoms with Gasteiger partial charge in [0, 0.05) is 12.1 Å². The fraction of sp³-hybridized carbons (Fsp3) is 0.412. The number of nitrogens with zero attached hydrogens (tertiary/aromatic N) is 1. The van der Waals surface area contributed by atoms with Gasteiger partial charge in [-0.1, -0.05) is 0 Å². The molecule has 4 rings (SSSR count). The summed E-state index contributed by atoms with van der Waals surface area (Å²) in [7, 11) is 0. The van der Waals surface area contributed by atoms with Crippen molar-refractivity contribution >= 4 is 29.7 Å². The summed E-state index contributed by atoms with van der Waals surface area (Å²) in [5.74, 6) is 2.09. The van der Waals surface area contributed by atoms with Crippen LogP contribution in [0, 0.1) is 5.92 Å². The minimum Gasteiger partial charge on any atom is -0.454 e. The number of hydrogen-bond donors (Lipinski definition) is 2. The second-order valence-electron chi connectivity index (χ2n) is 6.00. The summed E-state index contributed by atoms with van der Waals surface area (Å²) >= 11 is 1.39. The van der Waals surface area contributed by atoms with Crippen LogP contribution in [0.5, 0.6) is 11.5 Å². The number of fused-ring (bicyclic) bond motifs is 1. The molecular weight excluding hydrogens is 362 g/mol. The lowest BCUT2D eigenvalue weighted by Crippen LogP contribution is -2.25. The zero-order valence-electron chi connectivity index (χ0n) is 13.6. The van der Waals surface area contributed by atoms with E-state index in [0.29, 0.717) is 17.3 Å². The van der Waals surface area contributed by atoms with Crippen molar-refractivity contribution in [3.8, 4) is 22.1 Å². The van der Waals surface area contributed by atoms with Crippen LogP contribution in [0.2, 0.25) is 0 Å². The van der Waals surface area contributed by atoms with E-state index >= 15 is 0 Å². The quantitative estimate of drug-likeness (QED) is 0.833. The Labute approximate surface area is 156 Å². The Morgan fingerprint density at radius 2 is 2.24 bits per heavy atom. The van der Waals surface area contributed by atoms with Crippen LogP contribution in [0.3, 0.4) is 0 Å². The highest BCUT2D eigenvalue weighted by molar-refractivity contribution is 7.16. The van der Waals surface area contributed by atoms with Crippen molar-refractivity contribution in [3.05, 3.63) is 29.3 Å². The molecule has 0 spiro atoms. The molecule has 1 unspecified atom stereocenters. The molecule has 3 heterocycles. The van der Waals surface area contributed by atoms with E-state index in [1.54, 1.807) is 6.20 Å². The van der Waals surface area contributed by atoms with Crippen LogP contribution in [0.1, 0.15) is 22.5 Å². The number of thiazole rings is 1. The van der Waals surface area contributed by atoms with Gasteiger partial charge in [-0.15, -0.1) is 23.7 Å². The van der Waals surface area contributed by atoms with Gasteiger partial charge in [-0.25, -0.2) is 4.98 Å². The Balaban J connectivity index is 0.00000182. The molecule has 2 N–H and O–H groups in total. The summed E-state index contributed by atoms with van der Waals surface area (Å²) in [4.78, 5) is 17.3. The smallest absolute Gasteiger partial charge is 0.263 e. The molecule has 1 aromatic carbocycles. The van der Waals surface area contributed by atoms with Crippen molar-refractivity contribution < 1.29 is 14.3 Å². The van der Waals surface area contributed by atoms with Gasteiger partial charge in [0.25, 0.3) is 5.91 Å². The molecular formula is C17H20ClN3O3S. The molecule has 0 radical (unpaired) electrons. The van der Waals surface area contributed by atoms with Crippen LogP contribution in [0.25, 0.3) is 10.6 Å². The molecule has 2 aromatic rings. The first-order valence-electron chi connectivity index (χ1n) is 8.14. The van der Waals surface area contributed by atoms with Crippen molar-refractivity contribution in [2.24, 2.45) is 5.92 Å². The molecule has 8 heteroatoms. The summed E-state index contributed by atoms with van der Waals surface area (Å²) in [6.07, 6.45) is 3.86. The van der Waals surface area contributed by atoms with Gasteiger partial charge < -0.3 is 20.1 Å². The zero-order valence-corrected chi connectivity index (χ0v) is 15.3. The average molecular weight is 382 g/mol. The predicted octanol–water partition coefficient (Wildman–Crippen LogP) is 2.69. The topological polar surface area (TPSA) is 72.5 Å². The number of rotatable bonds is 5.